The molecule has 0 unspecified atom stereocenters. The van der Waals surface area contributed by atoms with Crippen LogP contribution in [0.2, 0.25) is 0 Å². The lowest BCUT2D eigenvalue weighted by Gasteiger charge is -2.32. The second-order valence-electron chi connectivity index (χ2n) is 7.86. The molecule has 7 heteroatoms. The van der Waals surface area contributed by atoms with E-state index in [0.29, 0.717) is 12.0 Å². The number of nitrogens with one attached hydrogen (secondary N) is 1. The number of nitrogens with zero attached hydrogens (tertiary/aromatic N) is 1. The number of benzene rings is 1. The Morgan fingerprint density at radius 1 is 1.20 bits per heavy atom. The number of halogens is 1. The lowest BCUT2D eigenvalue weighted by atomic mass is 9.79. The van der Waals surface area contributed by atoms with Crippen molar-refractivity contribution in [1.82, 2.24) is 4.90 Å². The van der Waals surface area contributed by atoms with Crippen molar-refractivity contribution in [3.8, 4) is 0 Å². The SMILES string of the molecule is CC1(C)OB(c2ccc(F)c(NC(=O)CN3CCCC3)c2)OC1(C)C. The van der Waals surface area contributed by atoms with Crippen LogP contribution in [0.5, 0.6) is 0 Å². The number of anilines is 1. The highest BCUT2D eigenvalue weighted by Gasteiger charge is 2.51. The topological polar surface area (TPSA) is 50.8 Å². The Morgan fingerprint density at radius 3 is 2.40 bits per heavy atom. The van der Waals surface area contributed by atoms with Crippen LogP contribution in [0.1, 0.15) is 40.5 Å². The van der Waals surface area contributed by atoms with Gasteiger partial charge in [0.1, 0.15) is 5.82 Å². The number of rotatable bonds is 4. The first-order valence-corrected chi connectivity index (χ1v) is 8.85. The van der Waals surface area contributed by atoms with Gasteiger partial charge in [0.05, 0.1) is 23.4 Å². The van der Waals surface area contributed by atoms with Crippen molar-refractivity contribution in [3.63, 3.8) is 0 Å². The molecule has 0 bridgehead atoms. The average Bonchev–Trinajstić information content (AvgIpc) is 3.07. The van der Waals surface area contributed by atoms with Crippen molar-refractivity contribution >= 4 is 24.2 Å². The van der Waals surface area contributed by atoms with E-state index in [0.717, 1.165) is 25.9 Å². The number of carbonyl (C=O) groups is 1. The van der Waals surface area contributed by atoms with Crippen molar-refractivity contribution in [2.45, 2.75) is 51.7 Å². The Labute approximate surface area is 149 Å². The van der Waals surface area contributed by atoms with Crippen molar-refractivity contribution in [3.05, 3.63) is 24.0 Å². The molecular formula is C18H26BFN2O3. The Kier molecular flexibility index (Phi) is 4.92. The van der Waals surface area contributed by atoms with Crippen LogP contribution in [0.15, 0.2) is 18.2 Å². The standard InChI is InChI=1S/C18H26BFN2O3/c1-17(2)18(3,4)25-19(24-17)13-7-8-14(20)15(11-13)21-16(23)12-22-9-5-6-10-22/h7-8,11H,5-6,9-10,12H2,1-4H3,(H,21,23). The summed E-state index contributed by atoms with van der Waals surface area (Å²) in [5.41, 5.74) is -0.0795. The van der Waals surface area contributed by atoms with Crippen molar-refractivity contribution in [2.75, 3.05) is 25.0 Å². The third kappa shape index (κ3) is 3.88. The van der Waals surface area contributed by atoms with Gasteiger partial charge in [0, 0.05) is 0 Å². The lowest BCUT2D eigenvalue weighted by Crippen LogP contribution is -2.41. The van der Waals surface area contributed by atoms with Crippen LogP contribution in [0.4, 0.5) is 10.1 Å². The van der Waals surface area contributed by atoms with E-state index in [1.54, 1.807) is 12.1 Å². The second kappa shape index (κ2) is 6.70. The van der Waals surface area contributed by atoms with Gasteiger partial charge in [-0.2, -0.15) is 0 Å². The molecule has 2 aliphatic rings. The molecule has 0 atom stereocenters. The van der Waals surface area contributed by atoms with Crippen LogP contribution >= 0.6 is 0 Å². The number of amides is 1. The van der Waals surface area contributed by atoms with Gasteiger partial charge in [-0.25, -0.2) is 4.39 Å². The van der Waals surface area contributed by atoms with Crippen LogP contribution in [-0.2, 0) is 14.1 Å². The van der Waals surface area contributed by atoms with Crippen LogP contribution < -0.4 is 10.8 Å². The molecular weight excluding hydrogens is 322 g/mol. The summed E-state index contributed by atoms with van der Waals surface area (Å²) < 4.78 is 26.1. The molecule has 1 aromatic carbocycles. The summed E-state index contributed by atoms with van der Waals surface area (Å²) in [5, 5.41) is 2.68. The first kappa shape index (κ1) is 18.4. The number of hydrogen-bond donors (Lipinski definition) is 1. The maximum atomic E-state index is 14.1. The third-order valence-electron chi connectivity index (χ3n) is 5.36. The Balaban J connectivity index is 1.71. The molecule has 2 saturated heterocycles. The minimum absolute atomic E-state index is 0.163. The summed E-state index contributed by atoms with van der Waals surface area (Å²) in [5.74, 6) is -0.665. The number of hydrogen-bond acceptors (Lipinski definition) is 4. The fourth-order valence-electron chi connectivity index (χ4n) is 3.10. The smallest absolute Gasteiger partial charge is 0.399 e. The second-order valence-corrected chi connectivity index (χ2v) is 7.86. The zero-order valence-corrected chi connectivity index (χ0v) is 15.4. The fourth-order valence-corrected chi connectivity index (χ4v) is 3.10. The highest BCUT2D eigenvalue weighted by molar-refractivity contribution is 6.62. The van der Waals surface area contributed by atoms with Crippen molar-refractivity contribution < 1.29 is 18.5 Å². The molecule has 2 fully saturated rings. The Hall–Kier alpha value is -1.44. The largest absolute Gasteiger partial charge is 0.494 e. The fraction of sp³-hybridized carbons (Fsp3) is 0.611. The van der Waals surface area contributed by atoms with E-state index in [4.69, 9.17) is 9.31 Å². The van der Waals surface area contributed by atoms with E-state index >= 15 is 0 Å². The minimum Gasteiger partial charge on any atom is -0.399 e. The van der Waals surface area contributed by atoms with E-state index in [9.17, 15) is 9.18 Å². The van der Waals surface area contributed by atoms with Gasteiger partial charge in [-0.3, -0.25) is 9.69 Å². The average molecular weight is 348 g/mol. The summed E-state index contributed by atoms with van der Waals surface area (Å²) in [7, 11) is -0.583. The van der Waals surface area contributed by atoms with Crippen LogP contribution in [0, 0.1) is 5.82 Å². The molecule has 1 amide bonds. The molecule has 25 heavy (non-hydrogen) atoms. The highest BCUT2D eigenvalue weighted by Crippen LogP contribution is 2.36. The first-order chi connectivity index (χ1) is 11.7. The summed E-state index contributed by atoms with van der Waals surface area (Å²) in [6.07, 6.45) is 2.22. The molecule has 0 aliphatic carbocycles. The van der Waals surface area contributed by atoms with Crippen molar-refractivity contribution in [1.29, 1.82) is 0 Å². The molecule has 0 saturated carbocycles. The summed E-state index contributed by atoms with van der Waals surface area (Å²) >= 11 is 0. The lowest BCUT2D eigenvalue weighted by molar-refractivity contribution is -0.117. The van der Waals surface area contributed by atoms with Gasteiger partial charge in [-0.1, -0.05) is 6.07 Å². The number of carbonyl (C=O) groups excluding carboxylic acids is 1. The van der Waals surface area contributed by atoms with E-state index in [2.05, 4.69) is 10.2 Å². The first-order valence-electron chi connectivity index (χ1n) is 8.85. The van der Waals surface area contributed by atoms with Gasteiger partial charge in [0.25, 0.3) is 0 Å². The zero-order valence-electron chi connectivity index (χ0n) is 15.4. The van der Waals surface area contributed by atoms with Crippen LogP contribution in [0.25, 0.3) is 0 Å². The molecule has 0 radical (unpaired) electrons. The predicted molar refractivity (Wildman–Crippen MR) is 96.4 cm³/mol. The molecule has 5 nitrogen and oxygen atoms in total. The van der Waals surface area contributed by atoms with Gasteiger partial charge in [0.2, 0.25) is 5.91 Å². The van der Waals surface area contributed by atoms with Crippen molar-refractivity contribution in [2.24, 2.45) is 0 Å². The van der Waals surface area contributed by atoms with Gasteiger partial charge in [0.15, 0.2) is 0 Å². The summed E-state index contributed by atoms with van der Waals surface area (Å²) in [6.45, 7) is 10.0. The molecule has 1 aromatic rings. The number of likely N-dealkylation sites (tertiary alicyclic amines) is 1. The van der Waals surface area contributed by atoms with E-state index < -0.39 is 24.1 Å². The molecule has 3 rings (SSSR count). The van der Waals surface area contributed by atoms with Crippen LogP contribution in [-0.4, -0.2) is 48.8 Å². The van der Waals surface area contributed by atoms with Gasteiger partial charge < -0.3 is 14.6 Å². The molecule has 0 aromatic heterocycles. The molecule has 136 valence electrons. The quantitative estimate of drug-likeness (QED) is 0.848. The van der Waals surface area contributed by atoms with Crippen LogP contribution in [0.3, 0.4) is 0 Å². The molecule has 2 aliphatic heterocycles. The minimum atomic E-state index is -0.583. The summed E-state index contributed by atoms with van der Waals surface area (Å²) in [4.78, 5) is 14.3. The molecule has 0 spiro atoms. The zero-order chi connectivity index (χ0) is 18.2. The normalized spacial score (nSPS) is 22.4. The van der Waals surface area contributed by atoms with E-state index in [1.165, 1.54) is 6.07 Å². The van der Waals surface area contributed by atoms with Gasteiger partial charge >= 0.3 is 7.12 Å². The predicted octanol–water partition coefficient (Wildman–Crippen LogP) is 2.16. The van der Waals surface area contributed by atoms with Gasteiger partial charge in [-0.15, -0.1) is 0 Å². The van der Waals surface area contributed by atoms with Gasteiger partial charge in [-0.05, 0) is 71.2 Å². The van der Waals surface area contributed by atoms with E-state index in [1.807, 2.05) is 27.7 Å². The van der Waals surface area contributed by atoms with E-state index in [-0.39, 0.29) is 11.6 Å². The molecule has 1 N–H and O–H groups in total. The maximum absolute atomic E-state index is 14.1. The Bertz CT molecular complexity index is 644. The monoisotopic (exact) mass is 348 g/mol. The Morgan fingerprint density at radius 2 is 1.80 bits per heavy atom. The highest BCUT2D eigenvalue weighted by atomic mass is 19.1. The maximum Gasteiger partial charge on any atom is 0.494 e. The summed E-state index contributed by atoms with van der Waals surface area (Å²) in [6, 6.07) is 4.57. The third-order valence-corrected chi connectivity index (χ3v) is 5.36. The molecule has 2 heterocycles.